The Hall–Kier alpha value is -3.19. The molecule has 7 heteroatoms. The quantitative estimate of drug-likeness (QED) is 0.623. The average Bonchev–Trinajstić information content (AvgIpc) is 3.39. The molecule has 0 aliphatic carbocycles. The van der Waals surface area contributed by atoms with E-state index in [0.29, 0.717) is 49.6 Å². The first-order valence-electron chi connectivity index (χ1n) is 11.2. The van der Waals surface area contributed by atoms with Crippen LogP contribution < -0.4 is 4.74 Å². The summed E-state index contributed by atoms with van der Waals surface area (Å²) in [5.41, 5.74) is 1.21. The number of piperazine rings is 1. The summed E-state index contributed by atoms with van der Waals surface area (Å²) >= 11 is 0. The molecule has 0 radical (unpaired) electrons. The van der Waals surface area contributed by atoms with Crippen LogP contribution in [0.25, 0.3) is 0 Å². The molecule has 32 heavy (non-hydrogen) atoms. The molecule has 0 spiro atoms. The fraction of sp³-hybridized carbons (Fsp3) is 0.400. The van der Waals surface area contributed by atoms with Crippen molar-refractivity contribution in [1.29, 1.82) is 0 Å². The first kappa shape index (κ1) is 22.0. The average molecular weight is 436 g/mol. The maximum atomic E-state index is 12.5. The highest BCUT2D eigenvalue weighted by atomic mass is 16.5. The van der Waals surface area contributed by atoms with Crippen molar-refractivity contribution in [3.05, 3.63) is 65.7 Å². The van der Waals surface area contributed by atoms with Crippen LogP contribution in [0.1, 0.15) is 28.8 Å². The molecule has 0 N–H and O–H groups in total. The van der Waals surface area contributed by atoms with Crippen molar-refractivity contribution in [2.45, 2.75) is 12.8 Å². The Balaban J connectivity index is 1.20. The van der Waals surface area contributed by atoms with Gasteiger partial charge in [0.1, 0.15) is 5.75 Å². The number of carbonyl (C=O) groups excluding carboxylic acids is 3. The molecule has 2 aliphatic rings. The van der Waals surface area contributed by atoms with Crippen LogP contribution in [0.15, 0.2) is 54.6 Å². The molecule has 0 aromatic heterocycles. The van der Waals surface area contributed by atoms with E-state index in [9.17, 15) is 14.4 Å². The lowest BCUT2D eigenvalue weighted by molar-refractivity contribution is -0.136. The molecule has 7 nitrogen and oxygen atoms in total. The number of benzene rings is 2. The Labute approximate surface area is 188 Å². The van der Waals surface area contributed by atoms with Gasteiger partial charge in [-0.2, -0.15) is 0 Å². The molecule has 2 fully saturated rings. The van der Waals surface area contributed by atoms with Crippen molar-refractivity contribution in [3.63, 3.8) is 0 Å². The van der Waals surface area contributed by atoms with Gasteiger partial charge in [0.25, 0.3) is 5.91 Å². The van der Waals surface area contributed by atoms with Crippen LogP contribution in [-0.4, -0.2) is 84.7 Å². The largest absolute Gasteiger partial charge is 0.484 e. The van der Waals surface area contributed by atoms with Crippen molar-refractivity contribution in [1.82, 2.24) is 14.7 Å². The maximum absolute atomic E-state index is 12.5. The molecule has 0 unspecified atom stereocenters. The van der Waals surface area contributed by atoms with Gasteiger partial charge >= 0.3 is 0 Å². The van der Waals surface area contributed by atoms with E-state index in [1.807, 2.05) is 23.1 Å². The highest BCUT2D eigenvalue weighted by Crippen LogP contribution is 2.16. The van der Waals surface area contributed by atoms with Crippen molar-refractivity contribution >= 4 is 17.6 Å². The van der Waals surface area contributed by atoms with Crippen LogP contribution in [-0.2, 0) is 9.59 Å². The van der Waals surface area contributed by atoms with Crippen LogP contribution in [0.3, 0.4) is 0 Å². The molecule has 2 aliphatic heterocycles. The van der Waals surface area contributed by atoms with Crippen LogP contribution in [0.4, 0.5) is 0 Å². The van der Waals surface area contributed by atoms with Crippen LogP contribution >= 0.6 is 0 Å². The molecule has 2 saturated heterocycles. The molecular formula is C25H29N3O4. The lowest BCUT2D eigenvalue weighted by Crippen LogP contribution is -2.52. The molecule has 0 atom stereocenters. The third kappa shape index (κ3) is 5.53. The van der Waals surface area contributed by atoms with Gasteiger partial charge in [-0.1, -0.05) is 30.3 Å². The van der Waals surface area contributed by atoms with Gasteiger partial charge in [-0.05, 0) is 37.1 Å². The fourth-order valence-corrected chi connectivity index (χ4v) is 4.11. The standard InChI is InChI=1S/C25H29N3O4/c29-23(27-12-4-5-13-27)18-26-14-16-28(17-15-26)24(30)19-32-22-10-8-21(9-11-22)25(31)20-6-2-1-3-7-20/h1-3,6-11H,4-5,12-19H2. The zero-order valence-corrected chi connectivity index (χ0v) is 18.2. The van der Waals surface area contributed by atoms with Gasteiger partial charge in [0.2, 0.25) is 5.91 Å². The Kier molecular flexibility index (Phi) is 7.17. The molecule has 2 aromatic carbocycles. The van der Waals surface area contributed by atoms with Crippen molar-refractivity contribution in [3.8, 4) is 5.75 Å². The van der Waals surface area contributed by atoms with Gasteiger partial charge in [-0.3, -0.25) is 19.3 Å². The molecule has 4 rings (SSSR count). The second-order valence-corrected chi connectivity index (χ2v) is 8.25. The van der Waals surface area contributed by atoms with E-state index in [1.54, 1.807) is 41.3 Å². The Morgan fingerprint density at radius 1 is 0.688 bits per heavy atom. The van der Waals surface area contributed by atoms with E-state index in [0.717, 1.165) is 25.9 Å². The maximum Gasteiger partial charge on any atom is 0.260 e. The van der Waals surface area contributed by atoms with Gasteiger partial charge in [-0.15, -0.1) is 0 Å². The highest BCUT2D eigenvalue weighted by molar-refractivity contribution is 6.09. The summed E-state index contributed by atoms with van der Waals surface area (Å²) in [6, 6.07) is 16.0. The number of ketones is 1. The Morgan fingerprint density at radius 3 is 1.94 bits per heavy atom. The number of carbonyl (C=O) groups is 3. The lowest BCUT2D eigenvalue weighted by Gasteiger charge is -2.35. The molecule has 2 amide bonds. The van der Waals surface area contributed by atoms with Gasteiger partial charge in [0, 0.05) is 50.4 Å². The number of amides is 2. The van der Waals surface area contributed by atoms with Gasteiger partial charge in [0.15, 0.2) is 12.4 Å². The second-order valence-electron chi connectivity index (χ2n) is 8.25. The first-order valence-corrected chi connectivity index (χ1v) is 11.2. The van der Waals surface area contributed by atoms with E-state index in [2.05, 4.69) is 4.90 Å². The molecular weight excluding hydrogens is 406 g/mol. The number of nitrogens with zero attached hydrogens (tertiary/aromatic N) is 3. The third-order valence-electron chi connectivity index (χ3n) is 6.06. The Bertz CT molecular complexity index is 931. The highest BCUT2D eigenvalue weighted by Gasteiger charge is 2.25. The number of hydrogen-bond acceptors (Lipinski definition) is 5. The van der Waals surface area contributed by atoms with E-state index < -0.39 is 0 Å². The zero-order chi connectivity index (χ0) is 22.3. The van der Waals surface area contributed by atoms with E-state index in [4.69, 9.17) is 4.74 Å². The molecule has 168 valence electrons. The molecule has 2 aromatic rings. The zero-order valence-electron chi connectivity index (χ0n) is 18.2. The second kappa shape index (κ2) is 10.4. The monoisotopic (exact) mass is 435 g/mol. The summed E-state index contributed by atoms with van der Waals surface area (Å²) in [5.74, 6) is 0.631. The van der Waals surface area contributed by atoms with Gasteiger partial charge in [0.05, 0.1) is 6.54 Å². The van der Waals surface area contributed by atoms with Gasteiger partial charge in [-0.25, -0.2) is 0 Å². The predicted molar refractivity (Wildman–Crippen MR) is 121 cm³/mol. The van der Waals surface area contributed by atoms with Gasteiger partial charge < -0.3 is 14.5 Å². The summed E-state index contributed by atoms with van der Waals surface area (Å²) in [6.07, 6.45) is 2.19. The smallest absolute Gasteiger partial charge is 0.260 e. The van der Waals surface area contributed by atoms with E-state index >= 15 is 0 Å². The number of hydrogen-bond donors (Lipinski definition) is 0. The molecule has 0 bridgehead atoms. The summed E-state index contributed by atoms with van der Waals surface area (Å²) in [7, 11) is 0. The summed E-state index contributed by atoms with van der Waals surface area (Å²) in [6.45, 7) is 4.72. The Morgan fingerprint density at radius 2 is 1.28 bits per heavy atom. The van der Waals surface area contributed by atoms with E-state index in [1.165, 1.54) is 0 Å². The van der Waals surface area contributed by atoms with Crippen molar-refractivity contribution in [2.75, 3.05) is 52.4 Å². The minimum Gasteiger partial charge on any atom is -0.484 e. The summed E-state index contributed by atoms with van der Waals surface area (Å²) in [4.78, 5) is 43.1. The summed E-state index contributed by atoms with van der Waals surface area (Å²) in [5, 5.41) is 0. The summed E-state index contributed by atoms with van der Waals surface area (Å²) < 4.78 is 5.64. The first-order chi connectivity index (χ1) is 15.6. The molecule has 0 saturated carbocycles. The minimum absolute atomic E-state index is 0.0430. The van der Waals surface area contributed by atoms with Crippen molar-refractivity contribution < 1.29 is 19.1 Å². The predicted octanol–water partition coefficient (Wildman–Crippen LogP) is 2.06. The van der Waals surface area contributed by atoms with Crippen LogP contribution in [0.2, 0.25) is 0 Å². The van der Waals surface area contributed by atoms with E-state index in [-0.39, 0.29) is 24.2 Å². The minimum atomic E-state index is -0.0695. The number of likely N-dealkylation sites (tertiary alicyclic amines) is 1. The van der Waals surface area contributed by atoms with Crippen molar-refractivity contribution in [2.24, 2.45) is 0 Å². The third-order valence-corrected chi connectivity index (χ3v) is 6.06. The van der Waals surface area contributed by atoms with Crippen LogP contribution in [0.5, 0.6) is 5.75 Å². The van der Waals surface area contributed by atoms with Crippen LogP contribution in [0, 0.1) is 0 Å². The number of rotatable bonds is 7. The molecule has 2 heterocycles. The fourth-order valence-electron chi connectivity index (χ4n) is 4.11. The topological polar surface area (TPSA) is 70.2 Å². The lowest BCUT2D eigenvalue weighted by atomic mass is 10.0. The normalized spacial score (nSPS) is 16.8. The number of ether oxygens (including phenoxy) is 1. The SMILES string of the molecule is O=C(c1ccccc1)c1ccc(OCC(=O)N2CCN(CC(=O)N3CCCC3)CC2)cc1.